The normalized spacial score (nSPS) is 14.4. The number of pyridine rings is 1. The molecule has 1 amide bonds. The molecule has 0 saturated carbocycles. The number of carbonyl (C=O) groups excluding carboxylic acids is 1. The minimum absolute atomic E-state index is 0.177. The number of anilines is 3. The van der Waals surface area contributed by atoms with Crippen LogP contribution in [0.2, 0.25) is 0 Å². The highest BCUT2D eigenvalue weighted by Gasteiger charge is 2.14. The first kappa shape index (κ1) is 26.3. The summed E-state index contributed by atoms with van der Waals surface area (Å²) >= 11 is 0. The first-order valence-electron chi connectivity index (χ1n) is 13.1. The molecule has 1 saturated heterocycles. The third-order valence-corrected chi connectivity index (χ3v) is 6.75. The quantitative estimate of drug-likeness (QED) is 0.344. The minimum Gasteiger partial charge on any atom is -0.495 e. The third kappa shape index (κ3) is 6.95. The van der Waals surface area contributed by atoms with Crippen LogP contribution in [0, 0.1) is 0 Å². The van der Waals surface area contributed by atoms with Crippen LogP contribution in [0.4, 0.5) is 17.3 Å². The average Bonchev–Trinajstić information content (AvgIpc) is 3.18. The number of hydrogen-bond donors (Lipinski definition) is 2. The number of nitrogens with zero attached hydrogens (tertiary/aromatic N) is 5. The van der Waals surface area contributed by atoms with Crippen molar-refractivity contribution in [1.29, 1.82) is 0 Å². The summed E-state index contributed by atoms with van der Waals surface area (Å²) in [5.41, 5.74) is 4.71. The monoisotopic (exact) mass is 523 g/mol. The Labute approximate surface area is 228 Å². The summed E-state index contributed by atoms with van der Waals surface area (Å²) in [6.45, 7) is 5.28. The second-order valence-corrected chi connectivity index (χ2v) is 9.63. The van der Waals surface area contributed by atoms with E-state index in [2.05, 4.69) is 42.4 Å². The Morgan fingerprint density at radius 2 is 1.87 bits per heavy atom. The lowest BCUT2D eigenvalue weighted by Gasteiger charge is -2.20. The summed E-state index contributed by atoms with van der Waals surface area (Å²) < 4.78 is 5.52. The van der Waals surface area contributed by atoms with Crippen LogP contribution in [0.3, 0.4) is 0 Å². The predicted molar refractivity (Wildman–Crippen MR) is 153 cm³/mol. The van der Waals surface area contributed by atoms with E-state index >= 15 is 0 Å². The highest BCUT2D eigenvalue weighted by molar-refractivity contribution is 6.04. The van der Waals surface area contributed by atoms with Crippen LogP contribution in [-0.4, -0.2) is 71.0 Å². The second-order valence-electron chi connectivity index (χ2n) is 9.63. The molecule has 3 heterocycles. The highest BCUT2D eigenvalue weighted by Crippen LogP contribution is 2.30. The van der Waals surface area contributed by atoms with Crippen molar-refractivity contribution in [2.45, 2.75) is 13.0 Å². The molecule has 0 spiro atoms. The van der Waals surface area contributed by atoms with Crippen LogP contribution < -0.4 is 15.4 Å². The number of ether oxygens (including phenoxy) is 1. The van der Waals surface area contributed by atoms with Gasteiger partial charge in [0, 0.05) is 55.0 Å². The van der Waals surface area contributed by atoms with E-state index in [4.69, 9.17) is 4.74 Å². The summed E-state index contributed by atoms with van der Waals surface area (Å²) in [6.07, 6.45) is 6.34. The first-order chi connectivity index (χ1) is 19.1. The Hall–Kier alpha value is -4.34. The van der Waals surface area contributed by atoms with Crippen LogP contribution in [0.5, 0.6) is 5.75 Å². The Bertz CT molecular complexity index is 1400. The van der Waals surface area contributed by atoms with Gasteiger partial charge in [0.25, 0.3) is 5.91 Å². The molecule has 0 aliphatic carbocycles. The van der Waals surface area contributed by atoms with Gasteiger partial charge in [-0.25, -0.2) is 9.97 Å². The number of amides is 1. The number of aromatic nitrogens is 3. The van der Waals surface area contributed by atoms with E-state index in [1.165, 1.54) is 12.0 Å². The molecular formula is C30H33N7O2. The lowest BCUT2D eigenvalue weighted by molar-refractivity contribution is 0.102. The standard InChI is InChI=1S/C30H33N7O2/c1-36-15-4-16-37(18-17-36)21-22-6-8-23(9-7-22)29(38)33-25-10-11-28(39-2)27(19-25)35-30-32-14-12-26(34-30)24-5-3-13-31-20-24/h3,5-14,19-20H,4,15-18,21H2,1-2H3,(H,33,38)(H,32,34,35). The van der Waals surface area contributed by atoms with E-state index in [1.807, 2.05) is 48.5 Å². The van der Waals surface area contributed by atoms with Gasteiger partial charge >= 0.3 is 0 Å². The van der Waals surface area contributed by atoms with Crippen molar-refractivity contribution in [3.63, 3.8) is 0 Å². The SMILES string of the molecule is COc1ccc(NC(=O)c2ccc(CN3CCCN(C)CC3)cc2)cc1Nc1nccc(-c2cccnc2)n1. The molecule has 1 aliphatic heterocycles. The minimum atomic E-state index is -0.177. The molecule has 4 aromatic rings. The van der Waals surface area contributed by atoms with Gasteiger partial charge in [0.1, 0.15) is 5.75 Å². The summed E-state index contributed by atoms with van der Waals surface area (Å²) in [5.74, 6) is 0.834. The number of likely N-dealkylation sites (N-methyl/N-ethyl adjacent to an activating group) is 1. The van der Waals surface area contributed by atoms with Gasteiger partial charge in [-0.1, -0.05) is 12.1 Å². The lowest BCUT2D eigenvalue weighted by Crippen LogP contribution is -2.28. The largest absolute Gasteiger partial charge is 0.495 e. The van der Waals surface area contributed by atoms with Crippen molar-refractivity contribution in [2.75, 3.05) is 51.0 Å². The van der Waals surface area contributed by atoms with Crippen LogP contribution >= 0.6 is 0 Å². The Kier molecular flexibility index (Phi) is 8.40. The third-order valence-electron chi connectivity index (χ3n) is 6.75. The molecule has 0 atom stereocenters. The van der Waals surface area contributed by atoms with Crippen LogP contribution in [0.25, 0.3) is 11.3 Å². The van der Waals surface area contributed by atoms with E-state index in [-0.39, 0.29) is 5.91 Å². The van der Waals surface area contributed by atoms with E-state index in [0.29, 0.717) is 28.6 Å². The maximum absolute atomic E-state index is 13.0. The molecule has 0 bridgehead atoms. The maximum atomic E-state index is 13.0. The molecule has 2 aromatic heterocycles. The molecule has 9 nitrogen and oxygen atoms in total. The number of rotatable bonds is 8. The summed E-state index contributed by atoms with van der Waals surface area (Å²) in [4.78, 5) is 31.0. The number of methoxy groups -OCH3 is 1. The number of hydrogen-bond acceptors (Lipinski definition) is 8. The van der Waals surface area contributed by atoms with Gasteiger partial charge in [-0.2, -0.15) is 0 Å². The highest BCUT2D eigenvalue weighted by atomic mass is 16.5. The van der Waals surface area contributed by atoms with Gasteiger partial charge in [-0.15, -0.1) is 0 Å². The van der Waals surface area contributed by atoms with Gasteiger partial charge in [0.15, 0.2) is 0 Å². The Morgan fingerprint density at radius 1 is 1.00 bits per heavy atom. The average molecular weight is 524 g/mol. The van der Waals surface area contributed by atoms with Crippen LogP contribution in [0.1, 0.15) is 22.3 Å². The molecule has 5 rings (SSSR count). The number of nitrogens with one attached hydrogen (secondary N) is 2. The van der Waals surface area contributed by atoms with E-state index in [1.54, 1.807) is 37.8 Å². The van der Waals surface area contributed by atoms with Gasteiger partial charge < -0.3 is 20.3 Å². The van der Waals surface area contributed by atoms with Crippen molar-refractivity contribution in [3.8, 4) is 17.0 Å². The van der Waals surface area contributed by atoms with Gasteiger partial charge in [-0.05, 0) is 80.7 Å². The smallest absolute Gasteiger partial charge is 0.255 e. The summed E-state index contributed by atoms with van der Waals surface area (Å²) in [5, 5.41) is 6.20. The lowest BCUT2D eigenvalue weighted by atomic mass is 10.1. The predicted octanol–water partition coefficient (Wildman–Crippen LogP) is 4.68. The van der Waals surface area contributed by atoms with Crippen molar-refractivity contribution >= 4 is 23.2 Å². The zero-order valence-corrected chi connectivity index (χ0v) is 22.3. The molecule has 39 heavy (non-hydrogen) atoms. The molecular weight excluding hydrogens is 490 g/mol. The van der Waals surface area contributed by atoms with Gasteiger partial charge in [0.05, 0.1) is 18.5 Å². The van der Waals surface area contributed by atoms with E-state index < -0.39 is 0 Å². The Morgan fingerprint density at radius 3 is 2.67 bits per heavy atom. The zero-order valence-electron chi connectivity index (χ0n) is 22.3. The molecule has 1 aliphatic rings. The molecule has 0 unspecified atom stereocenters. The number of carbonyl (C=O) groups is 1. The van der Waals surface area contributed by atoms with Crippen molar-refractivity contribution in [2.24, 2.45) is 0 Å². The van der Waals surface area contributed by atoms with Crippen LogP contribution in [-0.2, 0) is 6.54 Å². The zero-order chi connectivity index (χ0) is 27.0. The molecule has 200 valence electrons. The van der Waals surface area contributed by atoms with E-state index in [9.17, 15) is 4.79 Å². The molecule has 9 heteroatoms. The van der Waals surface area contributed by atoms with Gasteiger partial charge in [0.2, 0.25) is 5.95 Å². The maximum Gasteiger partial charge on any atom is 0.255 e. The fraction of sp³-hybridized carbons (Fsp3) is 0.267. The molecule has 1 fully saturated rings. The molecule has 2 N–H and O–H groups in total. The topological polar surface area (TPSA) is 95.5 Å². The summed E-state index contributed by atoms with van der Waals surface area (Å²) in [6, 6.07) is 18.9. The fourth-order valence-corrected chi connectivity index (χ4v) is 4.58. The molecule has 2 aromatic carbocycles. The fourth-order valence-electron chi connectivity index (χ4n) is 4.58. The molecule has 0 radical (unpaired) electrons. The van der Waals surface area contributed by atoms with Crippen molar-refractivity contribution < 1.29 is 9.53 Å². The van der Waals surface area contributed by atoms with Crippen molar-refractivity contribution in [3.05, 3.63) is 90.4 Å². The number of benzene rings is 2. The first-order valence-corrected chi connectivity index (χ1v) is 13.1. The Balaban J connectivity index is 1.25. The summed E-state index contributed by atoms with van der Waals surface area (Å²) in [7, 11) is 3.77. The van der Waals surface area contributed by atoms with Gasteiger partial charge in [-0.3, -0.25) is 14.7 Å². The second kappa shape index (κ2) is 12.5. The van der Waals surface area contributed by atoms with E-state index in [0.717, 1.165) is 44.0 Å². The van der Waals surface area contributed by atoms with Crippen LogP contribution in [0.15, 0.2) is 79.3 Å². The van der Waals surface area contributed by atoms with Crippen molar-refractivity contribution in [1.82, 2.24) is 24.8 Å².